The Hall–Kier alpha value is -0.830. The minimum absolute atomic E-state index is 0.429. The first-order valence-electron chi connectivity index (χ1n) is 6.70. The Bertz CT molecular complexity index is 515. The molecule has 0 saturated carbocycles. The first-order chi connectivity index (χ1) is 9.79. The lowest BCUT2D eigenvalue weighted by Gasteiger charge is -2.15. The molecule has 0 N–H and O–H groups in total. The quantitative estimate of drug-likeness (QED) is 0.628. The van der Waals surface area contributed by atoms with Crippen molar-refractivity contribution in [3.8, 4) is 0 Å². The zero-order valence-electron chi connectivity index (χ0n) is 11.3. The molecule has 0 aliphatic rings. The maximum Gasteiger partial charge on any atom is 0.0717 e. The van der Waals surface area contributed by atoms with Crippen molar-refractivity contribution in [2.45, 2.75) is 13.0 Å². The van der Waals surface area contributed by atoms with Crippen LogP contribution in [0.3, 0.4) is 0 Å². The van der Waals surface area contributed by atoms with E-state index in [1.807, 2.05) is 36.4 Å². The largest absolute Gasteiger partial charge is 0.376 e. The van der Waals surface area contributed by atoms with E-state index in [2.05, 4.69) is 34.1 Å². The van der Waals surface area contributed by atoms with Crippen LogP contribution in [0.4, 0.5) is 0 Å². The van der Waals surface area contributed by atoms with E-state index >= 15 is 0 Å². The molecular formula is C17H18BrClO. The Balaban J connectivity index is 1.82. The van der Waals surface area contributed by atoms with Crippen molar-refractivity contribution < 1.29 is 4.74 Å². The average molecular weight is 354 g/mol. The third-order valence-corrected chi connectivity index (χ3v) is 4.43. The van der Waals surface area contributed by atoms with Gasteiger partial charge in [-0.2, -0.15) is 0 Å². The maximum atomic E-state index is 6.20. The molecule has 0 heterocycles. The Labute approximate surface area is 134 Å². The molecule has 106 valence electrons. The van der Waals surface area contributed by atoms with Crippen LogP contribution in [0.5, 0.6) is 0 Å². The summed E-state index contributed by atoms with van der Waals surface area (Å²) in [5, 5.41) is 1.74. The van der Waals surface area contributed by atoms with Crippen molar-refractivity contribution in [2.24, 2.45) is 5.92 Å². The molecule has 0 fully saturated rings. The Morgan fingerprint density at radius 1 is 1.00 bits per heavy atom. The molecule has 0 aliphatic heterocycles. The molecule has 0 saturated heterocycles. The maximum absolute atomic E-state index is 6.20. The topological polar surface area (TPSA) is 9.23 Å². The lowest BCUT2D eigenvalue weighted by Crippen LogP contribution is -2.14. The minimum Gasteiger partial charge on any atom is -0.376 e. The summed E-state index contributed by atoms with van der Waals surface area (Å²) in [5.74, 6) is 0.429. The number of hydrogen-bond acceptors (Lipinski definition) is 1. The standard InChI is InChI=1S/C17H18BrClO/c18-11-15(10-16-8-4-5-9-17(16)19)13-20-12-14-6-2-1-3-7-14/h1-9,15H,10-13H2. The molecule has 0 amide bonds. The molecule has 1 atom stereocenters. The third-order valence-electron chi connectivity index (χ3n) is 3.15. The number of halogens is 2. The predicted octanol–water partition coefficient (Wildman–Crippen LogP) is 5.11. The highest BCUT2D eigenvalue weighted by Gasteiger charge is 2.10. The molecule has 1 unspecified atom stereocenters. The van der Waals surface area contributed by atoms with Gasteiger partial charge in [0.1, 0.15) is 0 Å². The second kappa shape index (κ2) is 8.46. The lowest BCUT2D eigenvalue weighted by molar-refractivity contribution is 0.0938. The zero-order chi connectivity index (χ0) is 14.2. The second-order valence-corrected chi connectivity index (χ2v) is 5.87. The van der Waals surface area contributed by atoms with E-state index in [9.17, 15) is 0 Å². The first-order valence-corrected chi connectivity index (χ1v) is 8.20. The molecule has 0 aromatic heterocycles. The Morgan fingerprint density at radius 2 is 1.70 bits per heavy atom. The van der Waals surface area contributed by atoms with Crippen LogP contribution in [0, 0.1) is 5.92 Å². The van der Waals surface area contributed by atoms with Gasteiger partial charge in [0.15, 0.2) is 0 Å². The molecule has 0 spiro atoms. The summed E-state index contributed by atoms with van der Waals surface area (Å²) in [6.07, 6.45) is 0.930. The van der Waals surface area contributed by atoms with Gasteiger partial charge in [-0.3, -0.25) is 0 Å². The summed E-state index contributed by atoms with van der Waals surface area (Å²) in [6.45, 7) is 1.39. The molecule has 0 aliphatic carbocycles. The second-order valence-electron chi connectivity index (χ2n) is 4.82. The van der Waals surface area contributed by atoms with Crippen LogP contribution in [0.1, 0.15) is 11.1 Å². The fourth-order valence-electron chi connectivity index (χ4n) is 2.05. The van der Waals surface area contributed by atoms with Gasteiger partial charge in [0, 0.05) is 10.4 Å². The van der Waals surface area contributed by atoms with E-state index in [-0.39, 0.29) is 0 Å². The molecule has 0 bridgehead atoms. The van der Waals surface area contributed by atoms with Gasteiger partial charge in [-0.25, -0.2) is 0 Å². The third kappa shape index (κ3) is 4.93. The monoisotopic (exact) mass is 352 g/mol. The summed E-state index contributed by atoms with van der Waals surface area (Å²) in [7, 11) is 0. The van der Waals surface area contributed by atoms with E-state index in [1.54, 1.807) is 0 Å². The molecular weight excluding hydrogens is 336 g/mol. The van der Waals surface area contributed by atoms with Gasteiger partial charge in [0.2, 0.25) is 0 Å². The fourth-order valence-corrected chi connectivity index (χ4v) is 2.68. The van der Waals surface area contributed by atoms with Gasteiger partial charge in [-0.1, -0.05) is 76.1 Å². The molecule has 2 aromatic carbocycles. The minimum atomic E-state index is 0.429. The van der Waals surface area contributed by atoms with Gasteiger partial charge in [0.25, 0.3) is 0 Å². The summed E-state index contributed by atoms with van der Waals surface area (Å²) in [5.41, 5.74) is 2.39. The van der Waals surface area contributed by atoms with Crippen molar-refractivity contribution in [3.05, 3.63) is 70.7 Å². The highest BCUT2D eigenvalue weighted by molar-refractivity contribution is 9.09. The van der Waals surface area contributed by atoms with Gasteiger partial charge in [0.05, 0.1) is 13.2 Å². The van der Waals surface area contributed by atoms with Crippen molar-refractivity contribution in [1.29, 1.82) is 0 Å². The van der Waals surface area contributed by atoms with Crippen LogP contribution < -0.4 is 0 Å². The number of rotatable bonds is 7. The number of hydrogen-bond donors (Lipinski definition) is 0. The lowest BCUT2D eigenvalue weighted by atomic mass is 10.0. The molecule has 2 rings (SSSR count). The van der Waals surface area contributed by atoms with E-state index in [4.69, 9.17) is 16.3 Å². The van der Waals surface area contributed by atoms with Crippen LogP contribution >= 0.6 is 27.5 Å². The van der Waals surface area contributed by atoms with E-state index in [1.165, 1.54) is 11.1 Å². The van der Waals surface area contributed by atoms with Crippen LogP contribution in [-0.4, -0.2) is 11.9 Å². The summed E-state index contributed by atoms with van der Waals surface area (Å²) in [4.78, 5) is 0. The summed E-state index contributed by atoms with van der Waals surface area (Å²) in [6, 6.07) is 18.2. The Kier molecular flexibility index (Phi) is 6.58. The number of benzene rings is 2. The van der Waals surface area contributed by atoms with Crippen molar-refractivity contribution >= 4 is 27.5 Å². The molecule has 3 heteroatoms. The van der Waals surface area contributed by atoms with E-state index in [0.717, 1.165) is 23.4 Å². The van der Waals surface area contributed by atoms with Gasteiger partial charge < -0.3 is 4.74 Å². The van der Waals surface area contributed by atoms with Crippen LogP contribution in [-0.2, 0) is 17.8 Å². The normalized spacial score (nSPS) is 12.3. The highest BCUT2D eigenvalue weighted by Crippen LogP contribution is 2.20. The van der Waals surface area contributed by atoms with E-state index < -0.39 is 0 Å². The van der Waals surface area contributed by atoms with Crippen LogP contribution in [0.2, 0.25) is 5.02 Å². The van der Waals surface area contributed by atoms with Crippen molar-refractivity contribution in [3.63, 3.8) is 0 Å². The van der Waals surface area contributed by atoms with Gasteiger partial charge in [-0.05, 0) is 29.5 Å². The van der Waals surface area contributed by atoms with Crippen molar-refractivity contribution in [2.75, 3.05) is 11.9 Å². The smallest absolute Gasteiger partial charge is 0.0717 e. The summed E-state index contributed by atoms with van der Waals surface area (Å²) >= 11 is 9.76. The molecule has 0 radical (unpaired) electrons. The van der Waals surface area contributed by atoms with E-state index in [0.29, 0.717) is 12.5 Å². The van der Waals surface area contributed by atoms with Gasteiger partial charge in [-0.15, -0.1) is 0 Å². The molecule has 2 aromatic rings. The summed E-state index contributed by atoms with van der Waals surface area (Å²) < 4.78 is 5.81. The first kappa shape index (κ1) is 15.6. The SMILES string of the molecule is Clc1ccccc1CC(CBr)COCc1ccccc1. The predicted molar refractivity (Wildman–Crippen MR) is 88.5 cm³/mol. The van der Waals surface area contributed by atoms with Crippen LogP contribution in [0.25, 0.3) is 0 Å². The highest BCUT2D eigenvalue weighted by atomic mass is 79.9. The average Bonchev–Trinajstić information content (AvgIpc) is 2.49. The zero-order valence-corrected chi connectivity index (χ0v) is 13.6. The Morgan fingerprint density at radius 3 is 2.40 bits per heavy atom. The molecule has 1 nitrogen and oxygen atoms in total. The molecule has 20 heavy (non-hydrogen) atoms. The number of ether oxygens (including phenoxy) is 1. The van der Waals surface area contributed by atoms with Crippen LogP contribution in [0.15, 0.2) is 54.6 Å². The van der Waals surface area contributed by atoms with Crippen molar-refractivity contribution in [1.82, 2.24) is 0 Å². The van der Waals surface area contributed by atoms with Gasteiger partial charge >= 0.3 is 0 Å². The fraction of sp³-hybridized carbons (Fsp3) is 0.294. The number of alkyl halides is 1.